The summed E-state index contributed by atoms with van der Waals surface area (Å²) in [7, 11) is 0. The van der Waals surface area contributed by atoms with Gasteiger partial charge < -0.3 is 9.84 Å². The lowest BCUT2D eigenvalue weighted by molar-refractivity contribution is -0.139. The SMILES string of the molecule is C=C(C#N)COC(C)=O.O=C(O)c1ccccc1. The van der Waals surface area contributed by atoms with E-state index in [2.05, 4.69) is 11.3 Å². The van der Waals surface area contributed by atoms with E-state index in [1.807, 2.05) is 0 Å². The number of nitriles is 1. The predicted octanol–water partition coefficient (Wildman–Crippen LogP) is 2.01. The minimum absolute atomic E-state index is 0.00579. The molecule has 0 amide bonds. The molecule has 1 aromatic rings. The standard InChI is InChI=1S/C7H6O2.C6H7NO2/c8-7(9)6-4-2-1-3-5-6;1-5(3-7)4-9-6(2)8/h1-5H,(H,8,9);1,4H2,2H3. The minimum Gasteiger partial charge on any atom is -0.478 e. The number of ether oxygens (including phenoxy) is 1. The van der Waals surface area contributed by atoms with E-state index in [-0.39, 0.29) is 12.2 Å². The van der Waals surface area contributed by atoms with Gasteiger partial charge in [-0.1, -0.05) is 24.8 Å². The van der Waals surface area contributed by atoms with Gasteiger partial charge in [0.05, 0.1) is 17.2 Å². The van der Waals surface area contributed by atoms with Crippen molar-refractivity contribution in [1.82, 2.24) is 0 Å². The van der Waals surface area contributed by atoms with Gasteiger partial charge in [-0.3, -0.25) is 4.79 Å². The summed E-state index contributed by atoms with van der Waals surface area (Å²) in [5, 5.41) is 16.5. The first-order valence-corrected chi connectivity index (χ1v) is 4.97. The molecule has 0 radical (unpaired) electrons. The molecule has 0 bridgehead atoms. The molecule has 5 nitrogen and oxygen atoms in total. The number of carbonyl (C=O) groups is 2. The van der Waals surface area contributed by atoms with Crippen LogP contribution in [-0.2, 0) is 9.53 Å². The maximum Gasteiger partial charge on any atom is 0.335 e. The molecule has 0 saturated carbocycles. The summed E-state index contributed by atoms with van der Waals surface area (Å²) in [4.78, 5) is 20.3. The molecule has 1 aromatic carbocycles. The molecule has 0 fully saturated rings. The fourth-order valence-electron chi connectivity index (χ4n) is 0.802. The third-order valence-corrected chi connectivity index (χ3v) is 1.63. The van der Waals surface area contributed by atoms with Gasteiger partial charge in [-0.2, -0.15) is 5.26 Å². The second-order valence-electron chi connectivity index (χ2n) is 3.17. The Kier molecular flexibility index (Phi) is 7.29. The Morgan fingerprint density at radius 1 is 1.39 bits per heavy atom. The van der Waals surface area contributed by atoms with Gasteiger partial charge in [0, 0.05) is 6.92 Å². The van der Waals surface area contributed by atoms with Crippen LogP contribution >= 0.6 is 0 Å². The summed E-state index contributed by atoms with van der Waals surface area (Å²) < 4.78 is 4.43. The third kappa shape index (κ3) is 7.65. The largest absolute Gasteiger partial charge is 0.478 e. The third-order valence-electron chi connectivity index (χ3n) is 1.63. The molecule has 0 atom stereocenters. The van der Waals surface area contributed by atoms with Crippen LogP contribution in [0.2, 0.25) is 0 Å². The Morgan fingerprint density at radius 3 is 2.28 bits per heavy atom. The van der Waals surface area contributed by atoms with Crippen LogP contribution in [0, 0.1) is 11.3 Å². The number of nitrogens with zero attached hydrogens (tertiary/aromatic N) is 1. The number of esters is 1. The Hall–Kier alpha value is -2.61. The smallest absolute Gasteiger partial charge is 0.335 e. The summed E-state index contributed by atoms with van der Waals surface area (Å²) in [6.07, 6.45) is 0. The normalized spacial score (nSPS) is 8.22. The van der Waals surface area contributed by atoms with Crippen LogP contribution < -0.4 is 0 Å². The van der Waals surface area contributed by atoms with Crippen molar-refractivity contribution in [2.75, 3.05) is 6.61 Å². The molecule has 94 valence electrons. The van der Waals surface area contributed by atoms with Crippen LogP contribution in [0.3, 0.4) is 0 Å². The summed E-state index contributed by atoms with van der Waals surface area (Å²) in [5.41, 5.74) is 0.586. The van der Waals surface area contributed by atoms with Gasteiger partial charge >= 0.3 is 11.9 Å². The Labute approximate surface area is 105 Å². The van der Waals surface area contributed by atoms with E-state index < -0.39 is 11.9 Å². The monoisotopic (exact) mass is 247 g/mol. The molecule has 0 spiro atoms. The maximum absolute atomic E-state index is 10.2. The van der Waals surface area contributed by atoms with Crippen molar-refractivity contribution in [3.63, 3.8) is 0 Å². The number of carboxylic acids is 1. The molecule has 18 heavy (non-hydrogen) atoms. The second kappa shape index (κ2) is 8.53. The molecule has 0 aromatic heterocycles. The average Bonchev–Trinajstić information content (AvgIpc) is 2.37. The van der Waals surface area contributed by atoms with Crippen molar-refractivity contribution in [3.05, 3.63) is 48.0 Å². The molecule has 1 rings (SSSR count). The molecule has 0 unspecified atom stereocenters. The zero-order valence-corrected chi connectivity index (χ0v) is 9.92. The van der Waals surface area contributed by atoms with Gasteiger partial charge in [-0.15, -0.1) is 0 Å². The number of benzene rings is 1. The van der Waals surface area contributed by atoms with Gasteiger partial charge in [-0.25, -0.2) is 4.79 Å². The Bertz CT molecular complexity index is 460. The number of hydrogen-bond acceptors (Lipinski definition) is 4. The van der Waals surface area contributed by atoms with Crippen molar-refractivity contribution >= 4 is 11.9 Å². The van der Waals surface area contributed by atoms with Gasteiger partial charge in [-0.05, 0) is 12.1 Å². The summed E-state index contributed by atoms with van der Waals surface area (Å²) in [6.45, 7) is 4.59. The fourth-order valence-corrected chi connectivity index (χ4v) is 0.802. The van der Waals surface area contributed by atoms with Crippen LogP contribution in [0.5, 0.6) is 0 Å². The molecule has 1 N–H and O–H groups in total. The van der Waals surface area contributed by atoms with Crippen molar-refractivity contribution < 1.29 is 19.4 Å². The van der Waals surface area contributed by atoms with Gasteiger partial charge in [0.1, 0.15) is 6.61 Å². The molecule has 0 heterocycles. The van der Waals surface area contributed by atoms with E-state index in [1.165, 1.54) is 6.92 Å². The van der Waals surface area contributed by atoms with Crippen molar-refractivity contribution in [2.24, 2.45) is 0 Å². The Balaban J connectivity index is 0.000000321. The number of aromatic carboxylic acids is 1. The van der Waals surface area contributed by atoms with Crippen LogP contribution in [0.1, 0.15) is 17.3 Å². The molecule has 0 saturated heterocycles. The van der Waals surface area contributed by atoms with E-state index >= 15 is 0 Å². The highest BCUT2D eigenvalue weighted by Gasteiger charge is 1.96. The molecule has 0 aliphatic heterocycles. The van der Waals surface area contributed by atoms with Crippen LogP contribution in [0.25, 0.3) is 0 Å². The summed E-state index contributed by atoms with van der Waals surface area (Å²) >= 11 is 0. The van der Waals surface area contributed by atoms with Crippen LogP contribution in [-0.4, -0.2) is 23.7 Å². The fraction of sp³-hybridized carbons (Fsp3) is 0.154. The van der Waals surface area contributed by atoms with Crippen molar-refractivity contribution in [1.29, 1.82) is 5.26 Å². The van der Waals surface area contributed by atoms with Crippen molar-refractivity contribution in [2.45, 2.75) is 6.92 Å². The number of carbonyl (C=O) groups excluding carboxylic acids is 1. The van der Waals surface area contributed by atoms with Gasteiger partial charge in [0.15, 0.2) is 0 Å². The van der Waals surface area contributed by atoms with E-state index in [0.717, 1.165) is 0 Å². The average molecular weight is 247 g/mol. The molecule has 0 aliphatic rings. The van der Waals surface area contributed by atoms with Crippen LogP contribution in [0.4, 0.5) is 0 Å². The first-order chi connectivity index (χ1) is 8.47. The number of carboxylic acid groups (broad SMARTS) is 1. The van der Waals surface area contributed by atoms with Gasteiger partial charge in [0.2, 0.25) is 0 Å². The molecular formula is C13H13NO4. The maximum atomic E-state index is 10.2. The first kappa shape index (κ1) is 15.4. The zero-order valence-electron chi connectivity index (χ0n) is 9.92. The highest BCUT2D eigenvalue weighted by Crippen LogP contribution is 1.96. The predicted molar refractivity (Wildman–Crippen MR) is 64.8 cm³/mol. The first-order valence-electron chi connectivity index (χ1n) is 4.97. The molecule has 5 heteroatoms. The lowest BCUT2D eigenvalue weighted by Crippen LogP contribution is -2.00. The lowest BCUT2D eigenvalue weighted by atomic mass is 10.2. The summed E-state index contributed by atoms with van der Waals surface area (Å²) in [5.74, 6) is -1.28. The van der Waals surface area contributed by atoms with E-state index in [9.17, 15) is 9.59 Å². The van der Waals surface area contributed by atoms with E-state index in [0.29, 0.717) is 5.56 Å². The zero-order chi connectivity index (χ0) is 14.0. The molecular weight excluding hydrogens is 234 g/mol. The van der Waals surface area contributed by atoms with Crippen LogP contribution in [0.15, 0.2) is 42.5 Å². The van der Waals surface area contributed by atoms with Crippen molar-refractivity contribution in [3.8, 4) is 6.07 Å². The summed E-state index contributed by atoms with van der Waals surface area (Å²) in [6, 6.07) is 10.0. The van der Waals surface area contributed by atoms with E-state index in [1.54, 1.807) is 36.4 Å². The molecule has 0 aliphatic carbocycles. The highest BCUT2D eigenvalue weighted by atomic mass is 16.5. The lowest BCUT2D eigenvalue weighted by Gasteiger charge is -1.95. The van der Waals surface area contributed by atoms with E-state index in [4.69, 9.17) is 10.4 Å². The minimum atomic E-state index is -0.879. The topological polar surface area (TPSA) is 87.4 Å². The Morgan fingerprint density at radius 2 is 1.94 bits per heavy atom. The quantitative estimate of drug-likeness (QED) is 0.652. The second-order valence-corrected chi connectivity index (χ2v) is 3.17. The number of hydrogen-bond donors (Lipinski definition) is 1. The highest BCUT2D eigenvalue weighted by molar-refractivity contribution is 5.87. The number of rotatable bonds is 3. The van der Waals surface area contributed by atoms with Gasteiger partial charge in [0.25, 0.3) is 0 Å².